The van der Waals surface area contributed by atoms with Crippen LogP contribution in [0.2, 0.25) is 0 Å². The molecule has 102 valence electrons. The Hall–Kier alpha value is -1.42. The molecule has 0 radical (unpaired) electrons. The summed E-state index contributed by atoms with van der Waals surface area (Å²) < 4.78 is 13.2. The lowest BCUT2D eigenvalue weighted by atomic mass is 10.0. The number of benzene rings is 1. The Kier molecular flexibility index (Phi) is 3.27. The van der Waals surface area contributed by atoms with E-state index in [2.05, 4.69) is 5.32 Å². The number of carbonyl (C=O) groups excluding carboxylic acids is 1. The number of anilines is 1. The topological polar surface area (TPSA) is 32.3 Å². The fourth-order valence-electron chi connectivity index (χ4n) is 2.73. The van der Waals surface area contributed by atoms with Gasteiger partial charge in [0.15, 0.2) is 0 Å². The lowest BCUT2D eigenvalue weighted by Gasteiger charge is -2.33. The van der Waals surface area contributed by atoms with Crippen LogP contribution in [0, 0.1) is 12.7 Å². The van der Waals surface area contributed by atoms with Crippen molar-refractivity contribution in [3.05, 3.63) is 29.6 Å². The van der Waals surface area contributed by atoms with Crippen LogP contribution in [0.15, 0.2) is 18.2 Å². The molecule has 1 amide bonds. The van der Waals surface area contributed by atoms with E-state index in [0.717, 1.165) is 30.6 Å². The molecular weight excluding hydrogens is 243 g/mol. The number of amides is 1. The van der Waals surface area contributed by atoms with Crippen molar-refractivity contribution in [3.63, 3.8) is 0 Å². The zero-order valence-electron chi connectivity index (χ0n) is 11.2. The molecule has 3 nitrogen and oxygen atoms in total. The van der Waals surface area contributed by atoms with E-state index in [-0.39, 0.29) is 17.8 Å². The Labute approximate surface area is 112 Å². The molecule has 0 spiro atoms. The number of hydrogen-bond donors (Lipinski definition) is 1. The van der Waals surface area contributed by atoms with Gasteiger partial charge in [0.2, 0.25) is 5.91 Å². The first-order valence-corrected chi connectivity index (χ1v) is 6.99. The highest BCUT2D eigenvalue weighted by molar-refractivity contribution is 5.98. The number of hydrogen-bond acceptors (Lipinski definition) is 2. The number of nitrogens with one attached hydrogen (secondary N) is 1. The molecule has 1 aromatic carbocycles. The minimum atomic E-state index is -0.252. The second kappa shape index (κ2) is 4.93. The summed E-state index contributed by atoms with van der Waals surface area (Å²) in [6, 6.07) is 5.09. The third-order valence-electron chi connectivity index (χ3n) is 3.90. The second-order valence-corrected chi connectivity index (χ2v) is 5.56. The molecule has 1 aromatic rings. The van der Waals surface area contributed by atoms with Gasteiger partial charge in [-0.3, -0.25) is 4.79 Å². The molecule has 0 bridgehead atoms. The van der Waals surface area contributed by atoms with Crippen LogP contribution in [0.5, 0.6) is 0 Å². The van der Waals surface area contributed by atoms with Gasteiger partial charge < -0.3 is 10.2 Å². The lowest BCUT2D eigenvalue weighted by Crippen LogP contribution is -2.51. The number of nitrogens with zero attached hydrogens (tertiary/aromatic N) is 1. The molecule has 1 heterocycles. The average molecular weight is 262 g/mol. The van der Waals surface area contributed by atoms with E-state index in [4.69, 9.17) is 0 Å². The smallest absolute Gasteiger partial charge is 0.244 e. The van der Waals surface area contributed by atoms with Crippen LogP contribution in [0.3, 0.4) is 0 Å². The Balaban J connectivity index is 1.80. The Morgan fingerprint density at radius 1 is 1.32 bits per heavy atom. The minimum absolute atomic E-state index is 0.0642. The quantitative estimate of drug-likeness (QED) is 0.907. The summed E-state index contributed by atoms with van der Waals surface area (Å²) in [5.74, 6) is -0.119. The van der Waals surface area contributed by atoms with Crippen LogP contribution in [0.1, 0.15) is 31.2 Å². The van der Waals surface area contributed by atoms with Crippen molar-refractivity contribution in [2.45, 2.75) is 44.7 Å². The normalized spacial score (nSPS) is 23.8. The molecule has 3 rings (SSSR count). The van der Waals surface area contributed by atoms with Crippen LogP contribution < -0.4 is 10.2 Å². The number of halogens is 1. The summed E-state index contributed by atoms with van der Waals surface area (Å²) >= 11 is 0. The van der Waals surface area contributed by atoms with Gasteiger partial charge >= 0.3 is 0 Å². The fraction of sp³-hybridized carbons (Fsp3) is 0.533. The van der Waals surface area contributed by atoms with E-state index in [0.29, 0.717) is 6.04 Å². The zero-order valence-corrected chi connectivity index (χ0v) is 11.2. The van der Waals surface area contributed by atoms with Gasteiger partial charge in [0, 0.05) is 18.3 Å². The maximum Gasteiger partial charge on any atom is 0.244 e. The maximum atomic E-state index is 13.2. The highest BCUT2D eigenvalue weighted by Crippen LogP contribution is 2.27. The molecule has 1 aliphatic carbocycles. The van der Waals surface area contributed by atoms with Crippen LogP contribution in [0.25, 0.3) is 0 Å². The third kappa shape index (κ3) is 2.63. The van der Waals surface area contributed by atoms with Gasteiger partial charge in [0.1, 0.15) is 5.82 Å². The van der Waals surface area contributed by atoms with Crippen molar-refractivity contribution in [2.75, 3.05) is 11.4 Å². The summed E-state index contributed by atoms with van der Waals surface area (Å²) in [7, 11) is 0. The molecule has 1 saturated carbocycles. The van der Waals surface area contributed by atoms with Crippen molar-refractivity contribution in [1.82, 2.24) is 5.32 Å². The number of carbonyl (C=O) groups is 1. The average Bonchev–Trinajstić information content (AvgIpc) is 3.17. The Morgan fingerprint density at radius 2 is 2.11 bits per heavy atom. The summed E-state index contributed by atoms with van der Waals surface area (Å²) in [6.07, 6.45) is 4.26. The van der Waals surface area contributed by atoms with Gasteiger partial charge in [-0.2, -0.15) is 0 Å². The molecule has 2 aliphatic rings. The van der Waals surface area contributed by atoms with Crippen molar-refractivity contribution < 1.29 is 9.18 Å². The van der Waals surface area contributed by atoms with E-state index in [1.165, 1.54) is 25.0 Å². The largest absolute Gasteiger partial charge is 0.311 e. The minimum Gasteiger partial charge on any atom is -0.311 e. The summed E-state index contributed by atoms with van der Waals surface area (Å²) in [4.78, 5) is 14.3. The van der Waals surface area contributed by atoms with E-state index in [1.54, 1.807) is 11.0 Å². The van der Waals surface area contributed by atoms with Crippen molar-refractivity contribution in [1.29, 1.82) is 0 Å². The molecular formula is C15H19FN2O. The van der Waals surface area contributed by atoms with Gasteiger partial charge in [-0.25, -0.2) is 4.39 Å². The molecule has 0 aromatic heterocycles. The predicted octanol–water partition coefficient (Wildman–Crippen LogP) is 2.38. The molecule has 4 heteroatoms. The Morgan fingerprint density at radius 3 is 2.79 bits per heavy atom. The molecule has 1 N–H and O–H groups in total. The van der Waals surface area contributed by atoms with E-state index < -0.39 is 0 Å². The van der Waals surface area contributed by atoms with Gasteiger partial charge in [-0.15, -0.1) is 0 Å². The molecule has 1 aliphatic heterocycles. The van der Waals surface area contributed by atoms with E-state index in [1.807, 2.05) is 6.92 Å². The lowest BCUT2D eigenvalue weighted by molar-refractivity contribution is -0.121. The van der Waals surface area contributed by atoms with Crippen LogP contribution in [0.4, 0.5) is 10.1 Å². The van der Waals surface area contributed by atoms with Crippen molar-refractivity contribution in [2.24, 2.45) is 0 Å². The zero-order chi connectivity index (χ0) is 13.4. The predicted molar refractivity (Wildman–Crippen MR) is 72.7 cm³/mol. The third-order valence-corrected chi connectivity index (χ3v) is 3.90. The van der Waals surface area contributed by atoms with Crippen molar-refractivity contribution in [3.8, 4) is 0 Å². The van der Waals surface area contributed by atoms with Gasteiger partial charge in [-0.1, -0.05) is 0 Å². The molecule has 1 unspecified atom stereocenters. The highest BCUT2D eigenvalue weighted by Gasteiger charge is 2.34. The molecule has 19 heavy (non-hydrogen) atoms. The van der Waals surface area contributed by atoms with Gasteiger partial charge in [-0.05, 0) is 56.4 Å². The first kappa shape index (κ1) is 12.6. The van der Waals surface area contributed by atoms with Gasteiger partial charge in [0.05, 0.1) is 6.04 Å². The second-order valence-electron chi connectivity index (χ2n) is 5.56. The van der Waals surface area contributed by atoms with Crippen LogP contribution in [-0.4, -0.2) is 24.5 Å². The SMILES string of the molecule is Cc1cc(F)ccc1N1CCCC(NC2CC2)C1=O. The van der Waals surface area contributed by atoms with E-state index >= 15 is 0 Å². The van der Waals surface area contributed by atoms with Crippen LogP contribution >= 0.6 is 0 Å². The fourth-order valence-corrected chi connectivity index (χ4v) is 2.73. The first-order valence-electron chi connectivity index (χ1n) is 6.99. The molecule has 1 atom stereocenters. The number of piperidine rings is 1. The summed E-state index contributed by atoms with van der Waals surface area (Å²) in [5.41, 5.74) is 1.66. The van der Waals surface area contributed by atoms with Crippen molar-refractivity contribution >= 4 is 11.6 Å². The highest BCUT2D eigenvalue weighted by atomic mass is 19.1. The standard InChI is InChI=1S/C15H19FN2O/c1-10-9-11(16)4-7-14(10)18-8-2-3-13(15(18)19)17-12-5-6-12/h4,7,9,12-13,17H,2-3,5-6,8H2,1H3. The number of aryl methyl sites for hydroxylation is 1. The molecule has 2 fully saturated rings. The molecule has 1 saturated heterocycles. The number of rotatable bonds is 3. The monoisotopic (exact) mass is 262 g/mol. The van der Waals surface area contributed by atoms with E-state index in [9.17, 15) is 9.18 Å². The summed E-state index contributed by atoms with van der Waals surface area (Å²) in [6.45, 7) is 2.58. The van der Waals surface area contributed by atoms with Gasteiger partial charge in [0.25, 0.3) is 0 Å². The maximum absolute atomic E-state index is 13.2. The summed E-state index contributed by atoms with van der Waals surface area (Å²) in [5, 5.41) is 3.41. The van der Waals surface area contributed by atoms with Crippen LogP contribution in [-0.2, 0) is 4.79 Å². The Bertz CT molecular complexity index is 499. The first-order chi connectivity index (χ1) is 9.15.